The maximum Gasteiger partial charge on any atom is 0.0589 e. The summed E-state index contributed by atoms with van der Waals surface area (Å²) in [6, 6.07) is 4.41. The zero-order valence-electron chi connectivity index (χ0n) is 12.0. The maximum atomic E-state index is 9.48. The number of pyridine rings is 1. The summed E-state index contributed by atoms with van der Waals surface area (Å²) in [4.78, 5) is 6.79. The van der Waals surface area contributed by atoms with E-state index in [0.717, 1.165) is 37.4 Å². The fraction of sp³-hybridized carbons (Fsp3) is 0.667. The van der Waals surface area contributed by atoms with Gasteiger partial charge in [0.05, 0.1) is 12.3 Å². The summed E-state index contributed by atoms with van der Waals surface area (Å²) in [6.07, 6.45) is 4.15. The Labute approximate surface area is 115 Å². The summed E-state index contributed by atoms with van der Waals surface area (Å²) in [6.45, 7) is 7.50. The molecule has 0 bridgehead atoms. The molecule has 4 nitrogen and oxygen atoms in total. The Kier molecular flexibility index (Phi) is 5.16. The standard InChI is InChI=1S/C15H25N3O/c1-3-6-16-13-4-7-17-14(9-13)10-18-8-5-12(2)15(18)11-19/h4,7,9,12,15,19H,3,5-6,8,10-11H2,1-2H3,(H,16,17). The summed E-state index contributed by atoms with van der Waals surface area (Å²) < 4.78 is 0. The molecule has 1 fully saturated rings. The predicted molar refractivity (Wildman–Crippen MR) is 78.1 cm³/mol. The summed E-state index contributed by atoms with van der Waals surface area (Å²) in [7, 11) is 0. The van der Waals surface area contributed by atoms with Crippen LogP contribution in [0.4, 0.5) is 5.69 Å². The first kappa shape index (κ1) is 14.3. The largest absolute Gasteiger partial charge is 0.395 e. The second-order valence-electron chi connectivity index (χ2n) is 5.45. The molecule has 2 heterocycles. The lowest BCUT2D eigenvalue weighted by atomic mass is 10.0. The molecule has 0 aliphatic carbocycles. The van der Waals surface area contributed by atoms with Gasteiger partial charge in [-0.25, -0.2) is 0 Å². The lowest BCUT2D eigenvalue weighted by molar-refractivity contribution is 0.133. The van der Waals surface area contributed by atoms with Gasteiger partial charge in [0.2, 0.25) is 0 Å². The molecule has 2 atom stereocenters. The molecule has 0 amide bonds. The third-order valence-electron chi connectivity index (χ3n) is 3.95. The Bertz CT molecular complexity index is 397. The SMILES string of the molecule is CCCNc1ccnc(CN2CCC(C)C2CO)c1. The van der Waals surface area contributed by atoms with Crippen LogP contribution in [-0.2, 0) is 6.54 Å². The lowest BCUT2D eigenvalue weighted by Gasteiger charge is -2.24. The molecule has 1 aliphatic heterocycles. The first-order valence-corrected chi connectivity index (χ1v) is 7.28. The van der Waals surface area contributed by atoms with Crippen molar-refractivity contribution < 1.29 is 5.11 Å². The van der Waals surface area contributed by atoms with Gasteiger partial charge >= 0.3 is 0 Å². The van der Waals surface area contributed by atoms with Crippen LogP contribution in [-0.4, -0.2) is 40.7 Å². The van der Waals surface area contributed by atoms with Crippen LogP contribution < -0.4 is 5.32 Å². The van der Waals surface area contributed by atoms with Crippen LogP contribution in [0, 0.1) is 5.92 Å². The fourth-order valence-electron chi connectivity index (χ4n) is 2.73. The van der Waals surface area contributed by atoms with E-state index in [1.165, 1.54) is 6.42 Å². The number of nitrogens with one attached hydrogen (secondary N) is 1. The van der Waals surface area contributed by atoms with Crippen molar-refractivity contribution in [2.45, 2.75) is 39.3 Å². The molecule has 1 aliphatic rings. The van der Waals surface area contributed by atoms with Gasteiger partial charge in [0, 0.05) is 31.0 Å². The minimum Gasteiger partial charge on any atom is -0.395 e. The van der Waals surface area contributed by atoms with Gasteiger partial charge in [-0.15, -0.1) is 0 Å². The summed E-state index contributed by atoms with van der Waals surface area (Å²) in [5.74, 6) is 0.575. The van der Waals surface area contributed by atoms with E-state index in [1.54, 1.807) is 0 Å². The molecular weight excluding hydrogens is 238 g/mol. The molecule has 1 aromatic rings. The third-order valence-corrected chi connectivity index (χ3v) is 3.95. The summed E-state index contributed by atoms with van der Waals surface area (Å²) >= 11 is 0. The quantitative estimate of drug-likeness (QED) is 0.825. The number of aromatic nitrogens is 1. The van der Waals surface area contributed by atoms with E-state index in [-0.39, 0.29) is 12.6 Å². The van der Waals surface area contributed by atoms with Gasteiger partial charge in [-0.1, -0.05) is 13.8 Å². The zero-order valence-corrected chi connectivity index (χ0v) is 12.0. The van der Waals surface area contributed by atoms with Crippen molar-refractivity contribution in [2.24, 2.45) is 5.92 Å². The molecule has 2 N–H and O–H groups in total. The molecular formula is C15H25N3O. The molecule has 1 aromatic heterocycles. The van der Waals surface area contributed by atoms with Gasteiger partial charge in [-0.3, -0.25) is 9.88 Å². The third kappa shape index (κ3) is 3.67. The van der Waals surface area contributed by atoms with Crippen LogP contribution >= 0.6 is 0 Å². The Morgan fingerprint density at radius 2 is 2.37 bits per heavy atom. The van der Waals surface area contributed by atoms with Crippen LogP contribution in [0.15, 0.2) is 18.3 Å². The second-order valence-corrected chi connectivity index (χ2v) is 5.45. The van der Waals surface area contributed by atoms with E-state index >= 15 is 0 Å². The first-order chi connectivity index (χ1) is 9.24. The van der Waals surface area contributed by atoms with E-state index in [4.69, 9.17) is 0 Å². The summed E-state index contributed by atoms with van der Waals surface area (Å²) in [5, 5.41) is 12.9. The van der Waals surface area contributed by atoms with Crippen LogP contribution in [0.5, 0.6) is 0 Å². The van der Waals surface area contributed by atoms with E-state index in [1.807, 2.05) is 12.3 Å². The van der Waals surface area contributed by atoms with E-state index in [2.05, 4.69) is 35.1 Å². The van der Waals surface area contributed by atoms with E-state index in [0.29, 0.717) is 5.92 Å². The molecule has 2 unspecified atom stereocenters. The van der Waals surface area contributed by atoms with E-state index in [9.17, 15) is 5.11 Å². The molecule has 0 radical (unpaired) electrons. The molecule has 4 heteroatoms. The number of nitrogens with zero attached hydrogens (tertiary/aromatic N) is 2. The number of anilines is 1. The van der Waals surface area contributed by atoms with Crippen LogP contribution in [0.3, 0.4) is 0 Å². The second kappa shape index (κ2) is 6.87. The highest BCUT2D eigenvalue weighted by Crippen LogP contribution is 2.25. The minimum absolute atomic E-state index is 0.245. The van der Waals surface area contributed by atoms with Crippen molar-refractivity contribution >= 4 is 5.69 Å². The van der Waals surface area contributed by atoms with Gasteiger partial charge in [0.1, 0.15) is 0 Å². The molecule has 0 aromatic carbocycles. The molecule has 2 rings (SSSR count). The minimum atomic E-state index is 0.245. The Morgan fingerprint density at radius 1 is 1.53 bits per heavy atom. The van der Waals surface area contributed by atoms with Crippen molar-refractivity contribution in [1.82, 2.24) is 9.88 Å². The van der Waals surface area contributed by atoms with Crippen molar-refractivity contribution in [2.75, 3.05) is 25.0 Å². The van der Waals surface area contributed by atoms with Gasteiger partial charge in [0.25, 0.3) is 0 Å². The Hall–Kier alpha value is -1.13. The highest BCUT2D eigenvalue weighted by atomic mass is 16.3. The fourth-order valence-corrected chi connectivity index (χ4v) is 2.73. The number of hydrogen-bond donors (Lipinski definition) is 2. The van der Waals surface area contributed by atoms with Crippen molar-refractivity contribution in [3.8, 4) is 0 Å². The van der Waals surface area contributed by atoms with Crippen LogP contribution in [0.2, 0.25) is 0 Å². The molecule has 1 saturated heterocycles. The van der Waals surface area contributed by atoms with Crippen LogP contribution in [0.1, 0.15) is 32.4 Å². The van der Waals surface area contributed by atoms with Gasteiger partial charge < -0.3 is 10.4 Å². The monoisotopic (exact) mass is 263 g/mol. The van der Waals surface area contributed by atoms with Gasteiger partial charge in [-0.05, 0) is 37.4 Å². The average molecular weight is 263 g/mol. The lowest BCUT2D eigenvalue weighted by Crippen LogP contribution is -2.34. The average Bonchev–Trinajstić information content (AvgIpc) is 2.77. The normalized spacial score (nSPS) is 23.7. The first-order valence-electron chi connectivity index (χ1n) is 7.28. The Balaban J connectivity index is 1.98. The van der Waals surface area contributed by atoms with Crippen molar-refractivity contribution in [1.29, 1.82) is 0 Å². The van der Waals surface area contributed by atoms with Gasteiger partial charge in [0.15, 0.2) is 0 Å². The number of rotatable bonds is 6. The molecule has 106 valence electrons. The number of likely N-dealkylation sites (tertiary alicyclic amines) is 1. The number of aliphatic hydroxyl groups is 1. The zero-order chi connectivity index (χ0) is 13.7. The number of hydrogen-bond acceptors (Lipinski definition) is 4. The predicted octanol–water partition coefficient (Wildman–Crippen LogP) is 2.11. The molecule has 19 heavy (non-hydrogen) atoms. The van der Waals surface area contributed by atoms with Gasteiger partial charge in [-0.2, -0.15) is 0 Å². The van der Waals surface area contributed by atoms with Crippen molar-refractivity contribution in [3.63, 3.8) is 0 Å². The topological polar surface area (TPSA) is 48.4 Å². The maximum absolute atomic E-state index is 9.48. The smallest absolute Gasteiger partial charge is 0.0589 e. The number of aliphatic hydroxyl groups excluding tert-OH is 1. The Morgan fingerprint density at radius 3 is 3.11 bits per heavy atom. The highest BCUT2D eigenvalue weighted by molar-refractivity contribution is 5.43. The molecule has 0 spiro atoms. The summed E-state index contributed by atoms with van der Waals surface area (Å²) in [5.41, 5.74) is 2.22. The van der Waals surface area contributed by atoms with Crippen molar-refractivity contribution in [3.05, 3.63) is 24.0 Å². The highest BCUT2D eigenvalue weighted by Gasteiger charge is 2.30. The van der Waals surface area contributed by atoms with E-state index < -0.39 is 0 Å². The molecule has 0 saturated carbocycles. The van der Waals surface area contributed by atoms with Crippen LogP contribution in [0.25, 0.3) is 0 Å².